The van der Waals surface area contributed by atoms with E-state index in [4.69, 9.17) is 14.6 Å². The van der Waals surface area contributed by atoms with Crippen molar-refractivity contribution in [2.75, 3.05) is 44.4 Å². The third kappa shape index (κ3) is 3.90. The Hall–Kier alpha value is -2.34. The Balaban J connectivity index is 1.80. The molecule has 1 atom stereocenters. The second kappa shape index (κ2) is 8.36. The minimum absolute atomic E-state index is 0.0339. The second-order valence-corrected chi connectivity index (χ2v) is 6.21. The number of rotatable bonds is 7. The van der Waals surface area contributed by atoms with Crippen molar-refractivity contribution in [2.24, 2.45) is 0 Å². The Morgan fingerprint density at radius 2 is 1.62 bits per heavy atom. The summed E-state index contributed by atoms with van der Waals surface area (Å²) in [7, 11) is 0. The molecular formula is C21H25NO4. The summed E-state index contributed by atoms with van der Waals surface area (Å²) in [5.41, 5.74) is 1.31. The van der Waals surface area contributed by atoms with Gasteiger partial charge in [0.25, 0.3) is 0 Å². The highest BCUT2D eigenvalue weighted by atomic mass is 16.5. The number of hydrogen-bond acceptors (Lipinski definition) is 5. The molecule has 0 aromatic heterocycles. The summed E-state index contributed by atoms with van der Waals surface area (Å²) < 4.78 is 10.8. The number of hydrogen-bond donors (Lipinski definition) is 2. The Morgan fingerprint density at radius 3 is 2.15 bits per heavy atom. The van der Waals surface area contributed by atoms with Gasteiger partial charge in [-0.2, -0.15) is 0 Å². The maximum absolute atomic E-state index is 11.2. The van der Waals surface area contributed by atoms with E-state index < -0.39 is 5.60 Å². The zero-order chi connectivity index (χ0) is 18.4. The number of anilines is 1. The SMILES string of the molecule is C=CC(O)(c1ccc(OCCO)cc1)c1ccc(N2CCOCC2)cc1. The zero-order valence-electron chi connectivity index (χ0n) is 14.8. The standard InChI is InChI=1S/C21H25NO4/c1-2-21(24,18-5-9-20(10-6-18)26-16-13-23)17-3-7-19(8-4-17)22-11-14-25-15-12-22/h2-10,23-24H,1,11-16H2. The number of benzene rings is 2. The molecule has 2 aromatic carbocycles. The monoisotopic (exact) mass is 355 g/mol. The van der Waals surface area contributed by atoms with Crippen LogP contribution in [0.5, 0.6) is 5.75 Å². The third-order valence-electron chi connectivity index (χ3n) is 4.63. The zero-order valence-corrected chi connectivity index (χ0v) is 14.8. The van der Waals surface area contributed by atoms with Gasteiger partial charge in [-0.15, -0.1) is 0 Å². The molecule has 1 aliphatic rings. The summed E-state index contributed by atoms with van der Waals surface area (Å²) >= 11 is 0. The van der Waals surface area contributed by atoms with Crippen LogP contribution in [-0.4, -0.2) is 49.7 Å². The van der Waals surface area contributed by atoms with Gasteiger partial charge in [0.15, 0.2) is 0 Å². The van der Waals surface area contributed by atoms with Gasteiger partial charge in [0, 0.05) is 18.8 Å². The Bertz CT molecular complexity index is 708. The van der Waals surface area contributed by atoms with Crippen LogP contribution >= 0.6 is 0 Å². The van der Waals surface area contributed by atoms with Gasteiger partial charge in [-0.1, -0.05) is 36.9 Å². The van der Waals surface area contributed by atoms with Crippen LogP contribution in [0.1, 0.15) is 11.1 Å². The highest BCUT2D eigenvalue weighted by molar-refractivity contribution is 5.51. The van der Waals surface area contributed by atoms with Crippen molar-refractivity contribution in [1.82, 2.24) is 0 Å². The van der Waals surface area contributed by atoms with E-state index in [1.807, 2.05) is 36.4 Å². The molecule has 5 nitrogen and oxygen atoms in total. The molecule has 0 spiro atoms. The molecule has 3 rings (SSSR count). The van der Waals surface area contributed by atoms with Crippen LogP contribution in [-0.2, 0) is 10.3 Å². The summed E-state index contributed by atoms with van der Waals surface area (Å²) in [5, 5.41) is 20.0. The molecule has 0 amide bonds. The molecular weight excluding hydrogens is 330 g/mol. The van der Waals surface area contributed by atoms with Gasteiger partial charge in [0.2, 0.25) is 0 Å². The number of aliphatic hydroxyl groups is 2. The first-order valence-electron chi connectivity index (χ1n) is 8.81. The van der Waals surface area contributed by atoms with Crippen molar-refractivity contribution in [1.29, 1.82) is 0 Å². The summed E-state index contributed by atoms with van der Waals surface area (Å²) in [5.74, 6) is 0.650. The van der Waals surface area contributed by atoms with Crippen LogP contribution in [0.15, 0.2) is 61.2 Å². The van der Waals surface area contributed by atoms with E-state index in [9.17, 15) is 5.11 Å². The number of nitrogens with zero attached hydrogens (tertiary/aromatic N) is 1. The first-order valence-corrected chi connectivity index (χ1v) is 8.81. The summed E-state index contributed by atoms with van der Waals surface area (Å²) in [6, 6.07) is 15.1. The molecule has 2 aromatic rings. The molecule has 1 saturated heterocycles. The van der Waals surface area contributed by atoms with Crippen molar-refractivity contribution in [3.05, 3.63) is 72.3 Å². The highest BCUT2D eigenvalue weighted by Gasteiger charge is 2.28. The van der Waals surface area contributed by atoms with E-state index in [0.29, 0.717) is 11.3 Å². The molecule has 138 valence electrons. The first kappa shape index (κ1) is 18.5. The molecule has 0 saturated carbocycles. The van der Waals surface area contributed by atoms with E-state index in [0.717, 1.165) is 37.6 Å². The topological polar surface area (TPSA) is 62.2 Å². The largest absolute Gasteiger partial charge is 0.491 e. The molecule has 0 aliphatic carbocycles. The average Bonchev–Trinajstić information content (AvgIpc) is 2.73. The molecule has 0 bridgehead atoms. The lowest BCUT2D eigenvalue weighted by atomic mass is 9.86. The lowest BCUT2D eigenvalue weighted by Gasteiger charge is -2.30. The molecule has 0 radical (unpaired) electrons. The van der Waals surface area contributed by atoms with E-state index in [2.05, 4.69) is 11.5 Å². The average molecular weight is 355 g/mol. The predicted octanol–water partition coefficient (Wildman–Crippen LogP) is 2.32. The predicted molar refractivity (Wildman–Crippen MR) is 102 cm³/mol. The van der Waals surface area contributed by atoms with Gasteiger partial charge < -0.3 is 24.6 Å². The molecule has 1 fully saturated rings. The van der Waals surface area contributed by atoms with Crippen molar-refractivity contribution >= 4 is 5.69 Å². The lowest BCUT2D eigenvalue weighted by molar-refractivity contribution is 0.122. The molecule has 1 aliphatic heterocycles. The summed E-state index contributed by atoms with van der Waals surface area (Å²) in [4.78, 5) is 2.27. The van der Waals surface area contributed by atoms with Crippen LogP contribution in [0, 0.1) is 0 Å². The van der Waals surface area contributed by atoms with Crippen molar-refractivity contribution in [2.45, 2.75) is 5.60 Å². The molecule has 1 heterocycles. The van der Waals surface area contributed by atoms with Gasteiger partial charge in [-0.05, 0) is 35.4 Å². The summed E-state index contributed by atoms with van der Waals surface area (Å²) in [6.45, 7) is 7.27. The van der Waals surface area contributed by atoms with Crippen LogP contribution in [0.25, 0.3) is 0 Å². The third-order valence-corrected chi connectivity index (χ3v) is 4.63. The molecule has 2 N–H and O–H groups in total. The van der Waals surface area contributed by atoms with Gasteiger partial charge in [-0.25, -0.2) is 0 Å². The van der Waals surface area contributed by atoms with Gasteiger partial charge >= 0.3 is 0 Å². The highest BCUT2D eigenvalue weighted by Crippen LogP contribution is 2.33. The Kier molecular flexibility index (Phi) is 5.93. The fraction of sp³-hybridized carbons (Fsp3) is 0.333. The van der Waals surface area contributed by atoms with E-state index in [-0.39, 0.29) is 13.2 Å². The van der Waals surface area contributed by atoms with Crippen molar-refractivity contribution in [3.8, 4) is 5.75 Å². The van der Waals surface area contributed by atoms with Crippen LogP contribution in [0.4, 0.5) is 5.69 Å². The maximum atomic E-state index is 11.2. The number of aliphatic hydroxyl groups excluding tert-OH is 1. The second-order valence-electron chi connectivity index (χ2n) is 6.21. The first-order chi connectivity index (χ1) is 12.7. The van der Waals surface area contributed by atoms with E-state index in [1.165, 1.54) is 0 Å². The maximum Gasteiger partial charge on any atom is 0.133 e. The van der Waals surface area contributed by atoms with Crippen molar-refractivity contribution in [3.63, 3.8) is 0 Å². The van der Waals surface area contributed by atoms with Crippen LogP contribution in [0.2, 0.25) is 0 Å². The fourth-order valence-corrected chi connectivity index (χ4v) is 3.12. The normalized spacial score (nSPS) is 16.8. The fourth-order valence-electron chi connectivity index (χ4n) is 3.12. The molecule has 5 heteroatoms. The Labute approximate surface area is 154 Å². The van der Waals surface area contributed by atoms with Gasteiger partial charge in [0.1, 0.15) is 18.0 Å². The smallest absolute Gasteiger partial charge is 0.133 e. The van der Waals surface area contributed by atoms with Crippen LogP contribution in [0.3, 0.4) is 0 Å². The Morgan fingerprint density at radius 1 is 1.04 bits per heavy atom. The van der Waals surface area contributed by atoms with Gasteiger partial charge in [-0.3, -0.25) is 0 Å². The van der Waals surface area contributed by atoms with E-state index >= 15 is 0 Å². The molecule has 26 heavy (non-hydrogen) atoms. The number of ether oxygens (including phenoxy) is 2. The number of morpholine rings is 1. The minimum atomic E-state index is -1.28. The van der Waals surface area contributed by atoms with Crippen molar-refractivity contribution < 1.29 is 19.7 Å². The quantitative estimate of drug-likeness (QED) is 0.747. The van der Waals surface area contributed by atoms with E-state index in [1.54, 1.807) is 18.2 Å². The minimum Gasteiger partial charge on any atom is -0.491 e. The van der Waals surface area contributed by atoms with Crippen LogP contribution < -0.4 is 9.64 Å². The lowest BCUT2D eigenvalue weighted by Crippen LogP contribution is -2.36. The summed E-state index contributed by atoms with van der Waals surface area (Å²) in [6.07, 6.45) is 1.54. The van der Waals surface area contributed by atoms with Gasteiger partial charge in [0.05, 0.1) is 19.8 Å². The molecule has 1 unspecified atom stereocenters.